The summed E-state index contributed by atoms with van der Waals surface area (Å²) in [4.78, 5) is 0. The van der Waals surface area contributed by atoms with E-state index in [4.69, 9.17) is 23.2 Å². The Morgan fingerprint density at radius 1 is 0.800 bits per heavy atom. The van der Waals surface area contributed by atoms with Gasteiger partial charge in [0, 0.05) is 11.3 Å². The lowest BCUT2D eigenvalue weighted by Crippen LogP contribution is -1.99. The van der Waals surface area contributed by atoms with E-state index in [1.165, 1.54) is 57.8 Å². The van der Waals surface area contributed by atoms with Crippen LogP contribution in [0, 0.1) is 0 Å². The van der Waals surface area contributed by atoms with E-state index >= 15 is 0 Å². The molecule has 0 aromatic rings. The summed E-state index contributed by atoms with van der Waals surface area (Å²) in [6.45, 7) is 2.26. The van der Waals surface area contributed by atoms with Gasteiger partial charge in [0.05, 0.1) is 0 Å². The molecule has 0 nitrogen and oxygen atoms in total. The van der Waals surface area contributed by atoms with Gasteiger partial charge in [-0.15, -0.1) is 23.2 Å². The zero-order valence-corrected chi connectivity index (χ0v) is 11.6. The van der Waals surface area contributed by atoms with E-state index in [-0.39, 0.29) is 5.38 Å². The molecule has 0 heterocycles. The smallest absolute Gasteiger partial charge is 0.0471 e. The summed E-state index contributed by atoms with van der Waals surface area (Å²) in [6, 6.07) is 0. The van der Waals surface area contributed by atoms with Gasteiger partial charge in [-0.2, -0.15) is 0 Å². The van der Waals surface area contributed by atoms with Gasteiger partial charge in [-0.3, -0.25) is 0 Å². The summed E-state index contributed by atoms with van der Waals surface area (Å²) in [7, 11) is 0. The molecule has 1 atom stereocenters. The molecule has 0 saturated heterocycles. The van der Waals surface area contributed by atoms with Crippen molar-refractivity contribution in [3.8, 4) is 0 Å². The van der Waals surface area contributed by atoms with Crippen molar-refractivity contribution >= 4 is 23.2 Å². The average Bonchev–Trinajstić information content (AvgIpc) is 2.26. The lowest BCUT2D eigenvalue weighted by atomic mass is 10.1. The third-order valence-corrected chi connectivity index (χ3v) is 3.69. The Balaban J connectivity index is 2.92. The fourth-order valence-electron chi connectivity index (χ4n) is 1.75. The van der Waals surface area contributed by atoms with E-state index in [1.54, 1.807) is 0 Å². The molecule has 2 heteroatoms. The maximum absolute atomic E-state index is 5.93. The first-order valence-corrected chi connectivity index (χ1v) is 7.48. The maximum atomic E-state index is 5.93. The minimum Gasteiger partial charge on any atom is -0.125 e. The molecule has 1 unspecified atom stereocenters. The molecule has 0 spiro atoms. The van der Waals surface area contributed by atoms with E-state index in [9.17, 15) is 0 Å². The first-order valence-electron chi connectivity index (χ1n) is 6.51. The second-order valence-corrected chi connectivity index (χ2v) is 5.29. The molecule has 0 aromatic carbocycles. The highest BCUT2D eigenvalue weighted by atomic mass is 35.5. The van der Waals surface area contributed by atoms with Crippen LogP contribution in [0.15, 0.2) is 0 Å². The normalized spacial score (nSPS) is 13.0. The Morgan fingerprint density at radius 2 is 1.27 bits per heavy atom. The number of rotatable bonds is 11. The Labute approximate surface area is 106 Å². The highest BCUT2D eigenvalue weighted by Gasteiger charge is 2.01. The van der Waals surface area contributed by atoms with Crippen LogP contribution in [-0.2, 0) is 0 Å². The number of halogens is 2. The van der Waals surface area contributed by atoms with Gasteiger partial charge < -0.3 is 0 Å². The minimum absolute atomic E-state index is 0.191. The van der Waals surface area contributed by atoms with Crippen LogP contribution in [0.2, 0.25) is 0 Å². The largest absolute Gasteiger partial charge is 0.125 e. The van der Waals surface area contributed by atoms with Crippen molar-refractivity contribution in [2.75, 3.05) is 5.88 Å². The fraction of sp³-hybridized carbons (Fsp3) is 1.00. The molecule has 0 fully saturated rings. The summed E-state index contributed by atoms with van der Waals surface area (Å²) >= 11 is 11.6. The third-order valence-electron chi connectivity index (χ3n) is 2.79. The van der Waals surface area contributed by atoms with Crippen LogP contribution < -0.4 is 0 Å². The molecule has 0 rings (SSSR count). The summed E-state index contributed by atoms with van der Waals surface area (Å²) in [5.41, 5.74) is 0. The zero-order chi connectivity index (χ0) is 11.4. The van der Waals surface area contributed by atoms with Crippen LogP contribution in [-0.4, -0.2) is 11.3 Å². The van der Waals surface area contributed by atoms with Gasteiger partial charge in [0.1, 0.15) is 0 Å². The van der Waals surface area contributed by atoms with E-state index in [0.29, 0.717) is 5.88 Å². The average molecular weight is 253 g/mol. The van der Waals surface area contributed by atoms with E-state index in [0.717, 1.165) is 6.42 Å². The summed E-state index contributed by atoms with van der Waals surface area (Å²) < 4.78 is 0. The summed E-state index contributed by atoms with van der Waals surface area (Å²) in [6.07, 6.45) is 13.4. The summed E-state index contributed by atoms with van der Waals surface area (Å²) in [5.74, 6) is 0.596. The third kappa shape index (κ3) is 12.5. The molecule has 92 valence electrons. The molecular formula is C13H26Cl2. The topological polar surface area (TPSA) is 0 Å². The Hall–Kier alpha value is 0.580. The van der Waals surface area contributed by atoms with Crippen LogP contribution in [0.3, 0.4) is 0 Å². The van der Waals surface area contributed by atoms with Gasteiger partial charge in [0.15, 0.2) is 0 Å². The van der Waals surface area contributed by atoms with Crippen molar-refractivity contribution < 1.29 is 0 Å². The first-order chi connectivity index (χ1) is 7.31. The predicted molar refractivity (Wildman–Crippen MR) is 72.2 cm³/mol. The van der Waals surface area contributed by atoms with E-state index in [2.05, 4.69) is 6.92 Å². The van der Waals surface area contributed by atoms with Gasteiger partial charge in [0.2, 0.25) is 0 Å². The lowest BCUT2D eigenvalue weighted by molar-refractivity contribution is 0.555. The summed E-state index contributed by atoms with van der Waals surface area (Å²) in [5, 5.41) is 0.191. The fourth-order valence-corrected chi connectivity index (χ4v) is 2.06. The number of unbranched alkanes of at least 4 members (excludes halogenated alkanes) is 8. The molecule has 0 amide bonds. The Bertz CT molecular complexity index is 115. The highest BCUT2D eigenvalue weighted by molar-refractivity contribution is 6.28. The van der Waals surface area contributed by atoms with Crippen molar-refractivity contribution in [3.63, 3.8) is 0 Å². The molecule has 0 radical (unpaired) electrons. The van der Waals surface area contributed by atoms with Crippen LogP contribution in [0.4, 0.5) is 0 Å². The SMILES string of the molecule is CCCCCCCCCCCC(Cl)CCl. The van der Waals surface area contributed by atoms with Gasteiger partial charge in [-0.1, -0.05) is 64.7 Å². The second-order valence-electron chi connectivity index (χ2n) is 4.37. The van der Waals surface area contributed by atoms with Gasteiger partial charge in [-0.05, 0) is 6.42 Å². The van der Waals surface area contributed by atoms with Crippen molar-refractivity contribution in [2.24, 2.45) is 0 Å². The first kappa shape index (κ1) is 15.6. The Kier molecular flexibility index (Phi) is 13.1. The van der Waals surface area contributed by atoms with Gasteiger partial charge in [0.25, 0.3) is 0 Å². The van der Waals surface area contributed by atoms with Gasteiger partial charge in [-0.25, -0.2) is 0 Å². The molecule has 0 aromatic heterocycles. The minimum atomic E-state index is 0.191. The van der Waals surface area contributed by atoms with Crippen LogP contribution in [0.5, 0.6) is 0 Å². The lowest BCUT2D eigenvalue weighted by Gasteiger charge is -2.04. The quantitative estimate of drug-likeness (QED) is 0.324. The second kappa shape index (κ2) is 12.6. The van der Waals surface area contributed by atoms with Crippen LogP contribution in [0.25, 0.3) is 0 Å². The molecule has 0 aliphatic rings. The number of hydrogen-bond acceptors (Lipinski definition) is 0. The number of hydrogen-bond donors (Lipinski definition) is 0. The van der Waals surface area contributed by atoms with Crippen molar-refractivity contribution in [1.29, 1.82) is 0 Å². The highest BCUT2D eigenvalue weighted by Crippen LogP contribution is 2.13. The maximum Gasteiger partial charge on any atom is 0.0471 e. The molecular weight excluding hydrogens is 227 g/mol. The molecule has 15 heavy (non-hydrogen) atoms. The zero-order valence-electron chi connectivity index (χ0n) is 10.1. The van der Waals surface area contributed by atoms with Gasteiger partial charge >= 0.3 is 0 Å². The molecule has 0 N–H and O–H groups in total. The number of alkyl halides is 2. The Morgan fingerprint density at radius 3 is 1.73 bits per heavy atom. The van der Waals surface area contributed by atoms with E-state index in [1.807, 2.05) is 0 Å². The van der Waals surface area contributed by atoms with Crippen LogP contribution >= 0.6 is 23.2 Å². The predicted octanol–water partition coefficient (Wildman–Crippen LogP) is 5.75. The molecule has 0 saturated carbocycles. The van der Waals surface area contributed by atoms with Crippen molar-refractivity contribution in [1.82, 2.24) is 0 Å². The van der Waals surface area contributed by atoms with Crippen molar-refractivity contribution in [2.45, 2.75) is 76.5 Å². The van der Waals surface area contributed by atoms with E-state index < -0.39 is 0 Å². The van der Waals surface area contributed by atoms with Crippen LogP contribution in [0.1, 0.15) is 71.1 Å². The molecule has 0 aliphatic heterocycles. The van der Waals surface area contributed by atoms with Crippen molar-refractivity contribution in [3.05, 3.63) is 0 Å². The monoisotopic (exact) mass is 252 g/mol. The molecule has 0 aliphatic carbocycles. The molecule has 0 bridgehead atoms. The standard InChI is InChI=1S/C13H26Cl2/c1-2-3-4-5-6-7-8-9-10-11-13(15)12-14/h13H,2-12H2,1H3.